The summed E-state index contributed by atoms with van der Waals surface area (Å²) in [5.74, 6) is 0.731. The van der Waals surface area contributed by atoms with Gasteiger partial charge in [0.1, 0.15) is 23.3 Å². The molecule has 0 N–H and O–H groups in total. The first kappa shape index (κ1) is 17.4. The second-order valence-electron chi connectivity index (χ2n) is 5.23. The van der Waals surface area contributed by atoms with Gasteiger partial charge in [-0.2, -0.15) is 14.0 Å². The summed E-state index contributed by atoms with van der Waals surface area (Å²) in [6.07, 6.45) is -2.82. The number of hydrogen-bond acceptors (Lipinski definition) is 5. The molecule has 5 nitrogen and oxygen atoms in total. The lowest BCUT2D eigenvalue weighted by Crippen LogP contribution is -1.92. The van der Waals surface area contributed by atoms with Crippen molar-refractivity contribution in [2.24, 2.45) is 0 Å². The Morgan fingerprint density at radius 2 is 1.65 bits per heavy atom. The molecule has 0 unspecified atom stereocenters. The predicted molar refractivity (Wildman–Crippen MR) is 90.0 cm³/mol. The van der Waals surface area contributed by atoms with E-state index in [2.05, 4.69) is 4.98 Å². The number of aromatic nitrogens is 1. The van der Waals surface area contributed by atoms with Crippen LogP contribution in [0.25, 0.3) is 22.6 Å². The first-order valence-electron chi connectivity index (χ1n) is 7.66. The summed E-state index contributed by atoms with van der Waals surface area (Å²) in [6.45, 7) is -0.0751. The standard InChI is InChI=1S/C19H14F2N2O3/c1-24-14-6-2-12(3-7-14)16-17(26-19(23-16)18(20)21)13-4-8-15(9-5-13)25-11-10-22/h2-9,18H,11H2,1H3. The second-order valence-corrected chi connectivity index (χ2v) is 5.23. The van der Waals surface area contributed by atoms with Crippen LogP contribution in [0, 0.1) is 11.3 Å². The third-order valence-electron chi connectivity index (χ3n) is 3.61. The maximum absolute atomic E-state index is 13.1. The average Bonchev–Trinajstić information content (AvgIpc) is 3.12. The van der Waals surface area contributed by atoms with E-state index in [0.29, 0.717) is 28.3 Å². The minimum absolute atomic E-state index is 0.0751. The molecule has 0 saturated carbocycles. The minimum Gasteiger partial charge on any atom is -0.497 e. The fourth-order valence-electron chi connectivity index (χ4n) is 2.39. The van der Waals surface area contributed by atoms with Gasteiger partial charge in [-0.15, -0.1) is 0 Å². The molecule has 0 fully saturated rings. The van der Waals surface area contributed by atoms with E-state index in [0.717, 1.165) is 0 Å². The zero-order valence-electron chi connectivity index (χ0n) is 13.8. The Morgan fingerprint density at radius 3 is 2.23 bits per heavy atom. The Morgan fingerprint density at radius 1 is 1.04 bits per heavy atom. The van der Waals surface area contributed by atoms with E-state index in [9.17, 15) is 8.78 Å². The van der Waals surface area contributed by atoms with E-state index in [1.807, 2.05) is 6.07 Å². The van der Waals surface area contributed by atoms with Gasteiger partial charge >= 0.3 is 6.43 Å². The zero-order valence-corrected chi connectivity index (χ0v) is 13.8. The number of benzene rings is 2. The van der Waals surface area contributed by atoms with Gasteiger partial charge in [-0.05, 0) is 48.5 Å². The van der Waals surface area contributed by atoms with Crippen LogP contribution in [0.3, 0.4) is 0 Å². The van der Waals surface area contributed by atoms with Gasteiger partial charge in [0.05, 0.1) is 7.11 Å². The molecule has 0 spiro atoms. The molecule has 0 bridgehead atoms. The zero-order chi connectivity index (χ0) is 18.5. The maximum Gasteiger partial charge on any atom is 0.313 e. The molecule has 3 aromatic rings. The smallest absolute Gasteiger partial charge is 0.313 e. The van der Waals surface area contributed by atoms with Crippen LogP contribution < -0.4 is 9.47 Å². The van der Waals surface area contributed by atoms with E-state index in [-0.39, 0.29) is 12.4 Å². The number of ether oxygens (including phenoxy) is 2. The lowest BCUT2D eigenvalue weighted by molar-refractivity contribution is 0.116. The maximum atomic E-state index is 13.1. The van der Waals surface area contributed by atoms with Crippen molar-refractivity contribution < 1.29 is 22.7 Å². The van der Waals surface area contributed by atoms with Crippen molar-refractivity contribution in [3.63, 3.8) is 0 Å². The highest BCUT2D eigenvalue weighted by Gasteiger charge is 2.22. The molecule has 0 aliphatic carbocycles. The van der Waals surface area contributed by atoms with Gasteiger partial charge in [-0.3, -0.25) is 0 Å². The molecule has 0 aliphatic heterocycles. The van der Waals surface area contributed by atoms with Gasteiger partial charge < -0.3 is 13.9 Å². The van der Waals surface area contributed by atoms with Crippen LogP contribution >= 0.6 is 0 Å². The van der Waals surface area contributed by atoms with Crippen molar-refractivity contribution in [2.75, 3.05) is 13.7 Å². The molecular formula is C19H14F2N2O3. The molecule has 3 rings (SSSR count). The summed E-state index contributed by atoms with van der Waals surface area (Å²) in [4.78, 5) is 3.95. The van der Waals surface area contributed by atoms with Gasteiger partial charge in [0.15, 0.2) is 12.4 Å². The molecule has 0 radical (unpaired) electrons. The molecule has 7 heteroatoms. The van der Waals surface area contributed by atoms with E-state index in [1.165, 1.54) is 0 Å². The highest BCUT2D eigenvalue weighted by molar-refractivity contribution is 5.77. The Labute approximate surface area is 148 Å². The van der Waals surface area contributed by atoms with Crippen LogP contribution in [0.15, 0.2) is 52.9 Å². The molecule has 0 amide bonds. The van der Waals surface area contributed by atoms with E-state index < -0.39 is 12.3 Å². The molecule has 1 heterocycles. The first-order chi connectivity index (χ1) is 12.6. The third-order valence-corrected chi connectivity index (χ3v) is 3.61. The summed E-state index contributed by atoms with van der Waals surface area (Å²) < 4.78 is 41.8. The lowest BCUT2D eigenvalue weighted by Gasteiger charge is -2.05. The summed E-state index contributed by atoms with van der Waals surface area (Å²) in [5.41, 5.74) is 1.51. The monoisotopic (exact) mass is 356 g/mol. The van der Waals surface area contributed by atoms with Crippen molar-refractivity contribution in [2.45, 2.75) is 6.43 Å². The minimum atomic E-state index is -2.82. The lowest BCUT2D eigenvalue weighted by atomic mass is 10.1. The molecule has 0 aliphatic rings. The van der Waals surface area contributed by atoms with Crippen molar-refractivity contribution in [3.8, 4) is 40.1 Å². The van der Waals surface area contributed by atoms with Crippen LogP contribution in [0.5, 0.6) is 11.5 Å². The van der Waals surface area contributed by atoms with Crippen LogP contribution in [0.4, 0.5) is 8.78 Å². The highest BCUT2D eigenvalue weighted by Crippen LogP contribution is 2.36. The number of alkyl halides is 2. The quantitative estimate of drug-likeness (QED) is 0.631. The van der Waals surface area contributed by atoms with Crippen molar-refractivity contribution in [1.29, 1.82) is 5.26 Å². The van der Waals surface area contributed by atoms with E-state index in [4.69, 9.17) is 19.2 Å². The number of oxazole rings is 1. The molecule has 0 atom stereocenters. The first-order valence-corrected chi connectivity index (χ1v) is 7.66. The predicted octanol–water partition coefficient (Wildman–Crippen LogP) is 4.86. The Balaban J connectivity index is 2.01. The van der Waals surface area contributed by atoms with Gasteiger partial charge in [0.2, 0.25) is 0 Å². The summed E-state index contributed by atoms with van der Waals surface area (Å²) in [5, 5.41) is 8.54. The molecule has 26 heavy (non-hydrogen) atoms. The van der Waals surface area contributed by atoms with Gasteiger partial charge in [-0.1, -0.05) is 0 Å². The van der Waals surface area contributed by atoms with Crippen LogP contribution in [-0.2, 0) is 0 Å². The fraction of sp³-hybridized carbons (Fsp3) is 0.158. The summed E-state index contributed by atoms with van der Waals surface area (Å²) >= 11 is 0. The Kier molecular flexibility index (Phi) is 5.13. The van der Waals surface area contributed by atoms with Crippen LogP contribution in [0.2, 0.25) is 0 Å². The van der Waals surface area contributed by atoms with Gasteiger partial charge in [-0.25, -0.2) is 4.98 Å². The Hall–Kier alpha value is -3.40. The van der Waals surface area contributed by atoms with Crippen LogP contribution in [-0.4, -0.2) is 18.7 Å². The third kappa shape index (κ3) is 3.64. The van der Waals surface area contributed by atoms with Gasteiger partial charge in [0.25, 0.3) is 5.89 Å². The average molecular weight is 356 g/mol. The van der Waals surface area contributed by atoms with Gasteiger partial charge in [0, 0.05) is 11.1 Å². The highest BCUT2D eigenvalue weighted by atomic mass is 19.3. The topological polar surface area (TPSA) is 68.3 Å². The van der Waals surface area contributed by atoms with E-state index >= 15 is 0 Å². The second kappa shape index (κ2) is 7.66. The summed E-state index contributed by atoms with van der Waals surface area (Å²) in [7, 11) is 1.54. The number of nitrogens with zero attached hydrogens (tertiary/aromatic N) is 2. The fourth-order valence-corrected chi connectivity index (χ4v) is 2.39. The molecular weight excluding hydrogens is 342 g/mol. The van der Waals surface area contributed by atoms with Crippen molar-refractivity contribution >= 4 is 0 Å². The molecule has 1 aromatic heterocycles. The molecule has 132 valence electrons. The van der Waals surface area contributed by atoms with Crippen molar-refractivity contribution in [3.05, 3.63) is 54.4 Å². The number of methoxy groups -OCH3 is 1. The number of rotatable bonds is 6. The van der Waals surface area contributed by atoms with Crippen molar-refractivity contribution in [1.82, 2.24) is 4.98 Å². The molecule has 0 saturated heterocycles. The largest absolute Gasteiger partial charge is 0.497 e. The number of halogens is 2. The Bertz CT molecular complexity index is 913. The summed E-state index contributed by atoms with van der Waals surface area (Å²) in [6, 6.07) is 15.3. The van der Waals surface area contributed by atoms with E-state index in [1.54, 1.807) is 55.6 Å². The number of nitriles is 1. The van der Waals surface area contributed by atoms with Crippen LogP contribution in [0.1, 0.15) is 12.3 Å². The SMILES string of the molecule is COc1ccc(-c2nc(C(F)F)oc2-c2ccc(OCC#N)cc2)cc1. The normalized spacial score (nSPS) is 10.6. The number of hydrogen-bond donors (Lipinski definition) is 0. The molecule has 2 aromatic carbocycles.